The molecule has 7 heteroatoms. The van der Waals surface area contributed by atoms with Crippen molar-refractivity contribution in [3.8, 4) is 0 Å². The predicted molar refractivity (Wildman–Crippen MR) is 94.5 cm³/mol. The first-order valence-electron chi connectivity index (χ1n) is 8.03. The Morgan fingerprint density at radius 3 is 2.61 bits per heavy atom. The third-order valence-corrected chi connectivity index (χ3v) is 5.75. The molecule has 0 spiro atoms. The molecule has 5 rings (SSSR count). The normalized spacial score (nSPS) is 26.4. The van der Waals surface area contributed by atoms with Crippen LogP contribution in [0.2, 0.25) is 5.02 Å². The maximum atomic E-state index is 5.92. The first-order chi connectivity index (χ1) is 11.3. The number of nitrogens with zero attached hydrogens (tertiary/aromatic N) is 4. The van der Waals surface area contributed by atoms with Crippen molar-refractivity contribution < 1.29 is 0 Å². The van der Waals surface area contributed by atoms with Crippen molar-refractivity contribution in [3.63, 3.8) is 0 Å². The third-order valence-electron chi connectivity index (χ3n) is 4.62. The molecular weight excluding hydrogens is 330 g/mol. The van der Waals surface area contributed by atoms with Crippen LogP contribution in [0.25, 0.3) is 0 Å². The molecule has 1 aromatic carbocycles. The largest absolute Gasteiger partial charge is 0.358 e. The van der Waals surface area contributed by atoms with E-state index in [1.54, 1.807) is 11.3 Å². The van der Waals surface area contributed by atoms with E-state index in [1.807, 2.05) is 24.3 Å². The molecule has 3 aliphatic heterocycles. The lowest BCUT2D eigenvalue weighted by atomic mass is 10.1. The molecule has 23 heavy (non-hydrogen) atoms. The summed E-state index contributed by atoms with van der Waals surface area (Å²) in [6, 6.07) is 8.51. The lowest BCUT2D eigenvalue weighted by Crippen LogP contribution is -2.62. The molecule has 0 radical (unpaired) electrons. The highest BCUT2D eigenvalue weighted by molar-refractivity contribution is 7.15. The Morgan fingerprint density at radius 1 is 1.13 bits per heavy atom. The zero-order valence-corrected chi connectivity index (χ0v) is 14.5. The average molecular weight is 350 g/mol. The zero-order valence-electron chi connectivity index (χ0n) is 12.9. The van der Waals surface area contributed by atoms with E-state index in [0.29, 0.717) is 6.04 Å². The van der Waals surface area contributed by atoms with Crippen LogP contribution in [0.4, 0.5) is 5.13 Å². The van der Waals surface area contributed by atoms with Gasteiger partial charge in [0, 0.05) is 56.8 Å². The van der Waals surface area contributed by atoms with Gasteiger partial charge in [0.05, 0.1) is 0 Å². The summed E-state index contributed by atoms with van der Waals surface area (Å²) in [6.07, 6.45) is 0.805. The van der Waals surface area contributed by atoms with Gasteiger partial charge in [0.15, 0.2) is 0 Å². The van der Waals surface area contributed by atoms with E-state index in [-0.39, 0.29) is 0 Å². The highest BCUT2D eigenvalue weighted by Crippen LogP contribution is 2.21. The molecule has 3 saturated heterocycles. The topological polar surface area (TPSA) is 44.3 Å². The number of aromatic nitrogens is 2. The molecule has 3 aliphatic rings. The standard InChI is InChI=1S/C16H20ClN5S/c17-13-3-1-12(2-4-13)9-15-19-20-16(23-15)18-10-14-11-21-5-7-22(14)8-6-21/h1-4,14H,5-11H2,(H,18,20). The zero-order chi connectivity index (χ0) is 15.6. The Morgan fingerprint density at radius 2 is 1.91 bits per heavy atom. The highest BCUT2D eigenvalue weighted by atomic mass is 35.5. The van der Waals surface area contributed by atoms with Gasteiger partial charge in [-0.25, -0.2) is 0 Å². The van der Waals surface area contributed by atoms with Crippen molar-refractivity contribution in [3.05, 3.63) is 39.9 Å². The van der Waals surface area contributed by atoms with Gasteiger partial charge in [-0.05, 0) is 17.7 Å². The van der Waals surface area contributed by atoms with E-state index in [4.69, 9.17) is 11.6 Å². The van der Waals surface area contributed by atoms with E-state index in [0.717, 1.165) is 28.1 Å². The van der Waals surface area contributed by atoms with Crippen molar-refractivity contribution >= 4 is 28.1 Å². The van der Waals surface area contributed by atoms with E-state index < -0.39 is 0 Å². The van der Waals surface area contributed by atoms with Gasteiger partial charge in [0.2, 0.25) is 5.13 Å². The van der Waals surface area contributed by atoms with Crippen LogP contribution in [-0.4, -0.2) is 65.3 Å². The first-order valence-corrected chi connectivity index (χ1v) is 9.23. The smallest absolute Gasteiger partial charge is 0.205 e. The average Bonchev–Trinajstić information content (AvgIpc) is 3.04. The van der Waals surface area contributed by atoms with Crippen molar-refractivity contribution in [1.29, 1.82) is 0 Å². The van der Waals surface area contributed by atoms with Crippen LogP contribution in [-0.2, 0) is 6.42 Å². The Labute approximate surface area is 145 Å². The molecule has 5 nitrogen and oxygen atoms in total. The molecule has 0 aliphatic carbocycles. The van der Waals surface area contributed by atoms with Crippen molar-refractivity contribution in [1.82, 2.24) is 20.0 Å². The minimum absolute atomic E-state index is 0.598. The quantitative estimate of drug-likeness (QED) is 0.896. The minimum atomic E-state index is 0.598. The van der Waals surface area contributed by atoms with Gasteiger partial charge in [-0.15, -0.1) is 10.2 Å². The van der Waals surface area contributed by atoms with Gasteiger partial charge >= 0.3 is 0 Å². The minimum Gasteiger partial charge on any atom is -0.358 e. The Kier molecular flexibility index (Phi) is 4.48. The van der Waals surface area contributed by atoms with Gasteiger partial charge < -0.3 is 5.32 Å². The monoisotopic (exact) mass is 349 g/mol. The fourth-order valence-electron chi connectivity index (χ4n) is 3.30. The van der Waals surface area contributed by atoms with E-state index in [1.165, 1.54) is 38.3 Å². The summed E-state index contributed by atoms with van der Waals surface area (Å²) in [4.78, 5) is 5.14. The fraction of sp³-hybridized carbons (Fsp3) is 0.500. The Bertz CT molecular complexity index is 651. The summed E-state index contributed by atoms with van der Waals surface area (Å²) < 4.78 is 0. The lowest BCUT2D eigenvalue weighted by molar-refractivity contribution is 0.0189. The number of rotatable bonds is 5. The lowest BCUT2D eigenvalue weighted by Gasteiger charge is -2.47. The van der Waals surface area contributed by atoms with Crippen LogP contribution >= 0.6 is 22.9 Å². The van der Waals surface area contributed by atoms with Gasteiger partial charge in [0.1, 0.15) is 5.01 Å². The maximum absolute atomic E-state index is 5.92. The van der Waals surface area contributed by atoms with Crippen LogP contribution in [0.1, 0.15) is 10.6 Å². The second-order valence-corrected chi connectivity index (χ2v) is 7.67. The van der Waals surface area contributed by atoms with Gasteiger partial charge in [-0.3, -0.25) is 9.80 Å². The maximum Gasteiger partial charge on any atom is 0.205 e. The molecule has 0 amide bonds. The second kappa shape index (κ2) is 6.73. The molecule has 2 aromatic rings. The van der Waals surface area contributed by atoms with E-state index in [9.17, 15) is 0 Å². The molecule has 2 bridgehead atoms. The van der Waals surface area contributed by atoms with Crippen LogP contribution in [0, 0.1) is 0 Å². The molecule has 1 aromatic heterocycles. The van der Waals surface area contributed by atoms with Crippen molar-refractivity contribution in [2.75, 3.05) is 44.6 Å². The Balaban J connectivity index is 1.32. The summed E-state index contributed by atoms with van der Waals surface area (Å²) in [7, 11) is 0. The third kappa shape index (κ3) is 3.66. The molecule has 4 heterocycles. The molecule has 1 unspecified atom stereocenters. The first kappa shape index (κ1) is 15.3. The molecule has 122 valence electrons. The molecule has 1 N–H and O–H groups in total. The van der Waals surface area contributed by atoms with Crippen molar-refractivity contribution in [2.45, 2.75) is 12.5 Å². The summed E-state index contributed by atoms with van der Waals surface area (Å²) in [5, 5.41) is 14.8. The molecule has 3 fully saturated rings. The second-order valence-electron chi connectivity index (χ2n) is 6.18. The number of nitrogens with one attached hydrogen (secondary N) is 1. The number of anilines is 1. The number of piperazine rings is 3. The van der Waals surface area contributed by atoms with Crippen LogP contribution in [0.15, 0.2) is 24.3 Å². The highest BCUT2D eigenvalue weighted by Gasteiger charge is 2.31. The number of halogens is 1. The van der Waals surface area contributed by atoms with Gasteiger partial charge in [-0.2, -0.15) is 0 Å². The van der Waals surface area contributed by atoms with E-state index in [2.05, 4.69) is 25.3 Å². The molecular formula is C16H20ClN5S. The van der Waals surface area contributed by atoms with Gasteiger partial charge in [-0.1, -0.05) is 35.1 Å². The SMILES string of the molecule is Clc1ccc(Cc2nnc(NCC3CN4CCN3CC4)s2)cc1. The Hall–Kier alpha value is -1.21. The summed E-state index contributed by atoms with van der Waals surface area (Å²) >= 11 is 7.56. The fourth-order valence-corrected chi connectivity index (χ4v) is 4.20. The summed E-state index contributed by atoms with van der Waals surface area (Å²) in [6.45, 7) is 6.96. The van der Waals surface area contributed by atoms with Crippen LogP contribution in [0.3, 0.4) is 0 Å². The number of fused-ring (bicyclic) bond motifs is 3. The van der Waals surface area contributed by atoms with E-state index >= 15 is 0 Å². The summed E-state index contributed by atoms with van der Waals surface area (Å²) in [5.74, 6) is 0. The molecule has 1 atom stereocenters. The summed E-state index contributed by atoms with van der Waals surface area (Å²) in [5.41, 5.74) is 1.21. The van der Waals surface area contributed by atoms with Gasteiger partial charge in [0.25, 0.3) is 0 Å². The number of hydrogen-bond donors (Lipinski definition) is 1. The molecule has 0 saturated carbocycles. The van der Waals surface area contributed by atoms with Crippen molar-refractivity contribution in [2.24, 2.45) is 0 Å². The number of hydrogen-bond acceptors (Lipinski definition) is 6. The van der Waals surface area contributed by atoms with Crippen LogP contribution in [0.5, 0.6) is 0 Å². The predicted octanol–water partition coefficient (Wildman–Crippen LogP) is 2.19. The number of benzene rings is 1. The van der Waals surface area contributed by atoms with Crippen LogP contribution < -0.4 is 5.32 Å².